The minimum atomic E-state index is -1.25. The van der Waals surface area contributed by atoms with Crippen LogP contribution in [0.15, 0.2) is 22.6 Å². The molecule has 0 unspecified atom stereocenters. The van der Waals surface area contributed by atoms with E-state index in [1.54, 1.807) is 18.2 Å². The number of carbonyl (C=O) groups is 1. The molecule has 2 aromatic rings. The van der Waals surface area contributed by atoms with Crippen LogP contribution in [-0.2, 0) is 0 Å². The van der Waals surface area contributed by atoms with Gasteiger partial charge in [0.25, 0.3) is 0 Å². The number of carboxylic acids is 1. The van der Waals surface area contributed by atoms with E-state index in [9.17, 15) is 4.79 Å². The fourth-order valence-corrected chi connectivity index (χ4v) is 1.33. The lowest BCUT2D eigenvalue weighted by Gasteiger charge is -1.98. The van der Waals surface area contributed by atoms with Crippen molar-refractivity contribution < 1.29 is 14.3 Å². The molecule has 0 radical (unpaired) electrons. The van der Waals surface area contributed by atoms with E-state index in [4.69, 9.17) is 21.1 Å². The number of aromatic carboxylic acids is 1. The molecule has 0 fully saturated rings. The Bertz CT molecular complexity index is 551. The highest BCUT2D eigenvalue weighted by Crippen LogP contribution is 2.24. The third-order valence-electron chi connectivity index (χ3n) is 2.03. The predicted molar refractivity (Wildman–Crippen MR) is 56.4 cm³/mol. The Hall–Kier alpha value is -1.88. The van der Waals surface area contributed by atoms with Crippen molar-refractivity contribution >= 4 is 17.6 Å². The van der Waals surface area contributed by atoms with Crippen LogP contribution in [0.25, 0.3) is 11.5 Å². The van der Waals surface area contributed by atoms with E-state index < -0.39 is 11.9 Å². The average Bonchev–Trinajstić information content (AvgIpc) is 2.71. The summed E-state index contributed by atoms with van der Waals surface area (Å²) in [5, 5.41) is 16.2. The van der Waals surface area contributed by atoms with Crippen LogP contribution >= 0.6 is 11.6 Å². The standard InChI is InChI=1S/C10H7ClN2O3/c1-5-2-3-6(4-7(5)11)8-12-13-9(16-8)10(14)15/h2-4H,1H3,(H,14,15). The summed E-state index contributed by atoms with van der Waals surface area (Å²) in [5.74, 6) is -1.55. The zero-order valence-electron chi connectivity index (χ0n) is 8.27. The van der Waals surface area contributed by atoms with Gasteiger partial charge in [0.2, 0.25) is 5.89 Å². The first-order valence-corrected chi connectivity index (χ1v) is 4.79. The van der Waals surface area contributed by atoms with Gasteiger partial charge in [0, 0.05) is 10.6 Å². The molecule has 0 saturated carbocycles. The Morgan fingerprint density at radius 3 is 2.75 bits per heavy atom. The van der Waals surface area contributed by atoms with Crippen LogP contribution in [0.1, 0.15) is 16.2 Å². The third-order valence-corrected chi connectivity index (χ3v) is 2.43. The summed E-state index contributed by atoms with van der Waals surface area (Å²) in [4.78, 5) is 10.5. The Morgan fingerprint density at radius 2 is 2.19 bits per heavy atom. The molecule has 16 heavy (non-hydrogen) atoms. The van der Waals surface area contributed by atoms with Gasteiger partial charge in [-0.1, -0.05) is 17.7 Å². The van der Waals surface area contributed by atoms with Crippen molar-refractivity contribution in [3.63, 3.8) is 0 Å². The van der Waals surface area contributed by atoms with E-state index in [1.807, 2.05) is 6.92 Å². The molecule has 1 heterocycles. The van der Waals surface area contributed by atoms with Crippen molar-refractivity contribution in [1.29, 1.82) is 0 Å². The van der Waals surface area contributed by atoms with Crippen LogP contribution in [0.2, 0.25) is 5.02 Å². The first kappa shape index (κ1) is 10.6. The molecule has 0 spiro atoms. The molecule has 1 aromatic carbocycles. The molecular formula is C10H7ClN2O3. The fourth-order valence-electron chi connectivity index (χ4n) is 1.15. The van der Waals surface area contributed by atoms with Gasteiger partial charge in [0.15, 0.2) is 0 Å². The van der Waals surface area contributed by atoms with Crippen molar-refractivity contribution in [2.24, 2.45) is 0 Å². The maximum absolute atomic E-state index is 10.5. The molecule has 0 aliphatic rings. The number of aromatic nitrogens is 2. The summed E-state index contributed by atoms with van der Waals surface area (Å²) >= 11 is 5.93. The Kier molecular flexibility index (Phi) is 2.62. The van der Waals surface area contributed by atoms with E-state index in [0.29, 0.717) is 10.6 Å². The Labute approximate surface area is 95.7 Å². The quantitative estimate of drug-likeness (QED) is 0.869. The topological polar surface area (TPSA) is 76.2 Å². The Balaban J connectivity index is 2.42. The zero-order chi connectivity index (χ0) is 11.7. The van der Waals surface area contributed by atoms with E-state index in [2.05, 4.69) is 10.2 Å². The number of aryl methyl sites for hydroxylation is 1. The number of hydrogen-bond donors (Lipinski definition) is 1. The van der Waals surface area contributed by atoms with Crippen LogP contribution < -0.4 is 0 Å². The van der Waals surface area contributed by atoms with Crippen molar-refractivity contribution in [3.8, 4) is 11.5 Å². The predicted octanol–water partition coefficient (Wildman–Crippen LogP) is 2.40. The molecule has 0 bridgehead atoms. The molecule has 0 aliphatic heterocycles. The average molecular weight is 239 g/mol. The zero-order valence-corrected chi connectivity index (χ0v) is 9.02. The number of halogens is 1. The van der Waals surface area contributed by atoms with E-state index in [1.165, 1.54) is 0 Å². The van der Waals surface area contributed by atoms with Crippen LogP contribution in [0, 0.1) is 6.92 Å². The third kappa shape index (κ3) is 1.90. The van der Waals surface area contributed by atoms with Crippen molar-refractivity contribution in [2.75, 3.05) is 0 Å². The number of hydrogen-bond acceptors (Lipinski definition) is 4. The summed E-state index contributed by atoms with van der Waals surface area (Å²) in [7, 11) is 0. The molecule has 0 atom stereocenters. The number of rotatable bonds is 2. The molecular weight excluding hydrogens is 232 g/mol. The lowest BCUT2D eigenvalue weighted by atomic mass is 10.1. The van der Waals surface area contributed by atoms with Gasteiger partial charge in [-0.15, -0.1) is 10.2 Å². The monoisotopic (exact) mass is 238 g/mol. The SMILES string of the molecule is Cc1ccc(-c2nnc(C(=O)O)o2)cc1Cl. The summed E-state index contributed by atoms with van der Waals surface area (Å²) in [6.07, 6.45) is 0. The second-order valence-electron chi connectivity index (χ2n) is 3.18. The minimum Gasteiger partial charge on any atom is -0.474 e. The highest BCUT2D eigenvalue weighted by atomic mass is 35.5. The summed E-state index contributed by atoms with van der Waals surface area (Å²) in [6, 6.07) is 5.18. The van der Waals surface area contributed by atoms with Gasteiger partial charge >= 0.3 is 11.9 Å². The van der Waals surface area contributed by atoms with Crippen LogP contribution in [0.5, 0.6) is 0 Å². The fraction of sp³-hybridized carbons (Fsp3) is 0.100. The lowest BCUT2D eigenvalue weighted by molar-refractivity contribution is 0.0654. The van der Waals surface area contributed by atoms with Gasteiger partial charge in [-0.3, -0.25) is 0 Å². The maximum Gasteiger partial charge on any atom is 0.393 e. The Morgan fingerprint density at radius 1 is 1.44 bits per heavy atom. The van der Waals surface area contributed by atoms with Crippen molar-refractivity contribution in [3.05, 3.63) is 34.7 Å². The minimum absolute atomic E-state index is 0.138. The molecule has 0 amide bonds. The van der Waals surface area contributed by atoms with E-state index in [-0.39, 0.29) is 5.89 Å². The highest BCUT2D eigenvalue weighted by molar-refractivity contribution is 6.31. The van der Waals surface area contributed by atoms with Gasteiger partial charge in [-0.25, -0.2) is 4.79 Å². The van der Waals surface area contributed by atoms with Gasteiger partial charge in [0.1, 0.15) is 0 Å². The number of benzene rings is 1. The van der Waals surface area contributed by atoms with Crippen LogP contribution in [-0.4, -0.2) is 21.3 Å². The molecule has 1 aromatic heterocycles. The van der Waals surface area contributed by atoms with Crippen LogP contribution in [0.4, 0.5) is 0 Å². The maximum atomic E-state index is 10.5. The normalized spacial score (nSPS) is 10.4. The van der Waals surface area contributed by atoms with Gasteiger partial charge < -0.3 is 9.52 Å². The van der Waals surface area contributed by atoms with E-state index >= 15 is 0 Å². The van der Waals surface area contributed by atoms with Gasteiger partial charge in [0.05, 0.1) is 0 Å². The first-order valence-electron chi connectivity index (χ1n) is 4.41. The summed E-state index contributed by atoms with van der Waals surface area (Å²) in [5.41, 5.74) is 1.51. The van der Waals surface area contributed by atoms with Gasteiger partial charge in [-0.05, 0) is 24.6 Å². The molecule has 0 saturated heterocycles. The van der Waals surface area contributed by atoms with Crippen molar-refractivity contribution in [2.45, 2.75) is 6.92 Å². The second-order valence-corrected chi connectivity index (χ2v) is 3.59. The molecule has 82 valence electrons. The number of nitrogens with zero attached hydrogens (tertiary/aromatic N) is 2. The largest absolute Gasteiger partial charge is 0.474 e. The molecule has 2 rings (SSSR count). The smallest absolute Gasteiger partial charge is 0.393 e. The summed E-state index contributed by atoms with van der Waals surface area (Å²) in [6.45, 7) is 1.86. The van der Waals surface area contributed by atoms with Gasteiger partial charge in [-0.2, -0.15) is 0 Å². The number of carboxylic acid groups (broad SMARTS) is 1. The molecule has 1 N–H and O–H groups in total. The van der Waals surface area contributed by atoms with E-state index in [0.717, 1.165) is 5.56 Å². The second kappa shape index (κ2) is 3.94. The molecule has 0 aliphatic carbocycles. The molecule has 5 nitrogen and oxygen atoms in total. The highest BCUT2D eigenvalue weighted by Gasteiger charge is 2.14. The van der Waals surface area contributed by atoms with Crippen LogP contribution in [0.3, 0.4) is 0 Å². The first-order chi connectivity index (χ1) is 7.58. The summed E-state index contributed by atoms with van der Waals surface area (Å²) < 4.78 is 4.95. The van der Waals surface area contributed by atoms with Crippen molar-refractivity contribution in [1.82, 2.24) is 10.2 Å². The molecule has 6 heteroatoms. The lowest BCUT2D eigenvalue weighted by Crippen LogP contribution is -1.95.